The van der Waals surface area contributed by atoms with Gasteiger partial charge >= 0.3 is 0 Å². The van der Waals surface area contributed by atoms with E-state index < -0.39 is 0 Å². The van der Waals surface area contributed by atoms with Crippen LogP contribution in [-0.4, -0.2) is 23.2 Å². The van der Waals surface area contributed by atoms with Gasteiger partial charge in [-0.05, 0) is 24.3 Å². The van der Waals surface area contributed by atoms with Crippen LogP contribution in [0.15, 0.2) is 30.3 Å². The fraction of sp³-hybridized carbons (Fsp3) is 0.500. The molecule has 0 saturated carbocycles. The summed E-state index contributed by atoms with van der Waals surface area (Å²) in [6.45, 7) is 8.61. The molecule has 0 radical (unpaired) electrons. The fourth-order valence-electron chi connectivity index (χ4n) is 2.78. The largest absolute Gasteiger partial charge is 0.390 e. The van der Waals surface area contributed by atoms with E-state index in [0.29, 0.717) is 5.92 Å². The molecule has 0 atom stereocenters. The van der Waals surface area contributed by atoms with Crippen LogP contribution in [-0.2, 0) is 6.61 Å². The van der Waals surface area contributed by atoms with Gasteiger partial charge in [-0.2, -0.15) is 0 Å². The predicted octanol–water partition coefficient (Wildman–Crippen LogP) is 3.99. The Labute approximate surface area is 127 Å². The van der Waals surface area contributed by atoms with E-state index in [1.54, 1.807) is 0 Å². The minimum Gasteiger partial charge on any atom is -0.390 e. The Balaban J connectivity index is 2.46. The minimum atomic E-state index is -0.0135. The van der Waals surface area contributed by atoms with Gasteiger partial charge in [-0.15, -0.1) is 0 Å². The fourth-order valence-corrected chi connectivity index (χ4v) is 2.78. The number of aliphatic hydroxyl groups is 1. The average molecular weight is 286 g/mol. The summed E-state index contributed by atoms with van der Waals surface area (Å²) >= 11 is 0. The number of benzene rings is 1. The quantitative estimate of drug-likeness (QED) is 0.836. The summed E-state index contributed by atoms with van der Waals surface area (Å²) in [6.07, 6.45) is 2.37. The SMILES string of the molecule is CCC(CC)CN(CC)c1nc(CO)cc2ccccc12. The maximum absolute atomic E-state index is 9.47. The lowest BCUT2D eigenvalue weighted by Crippen LogP contribution is -2.30. The van der Waals surface area contributed by atoms with E-state index in [1.165, 1.54) is 18.2 Å². The molecule has 0 fully saturated rings. The molecule has 1 aromatic heterocycles. The van der Waals surface area contributed by atoms with E-state index in [-0.39, 0.29) is 6.61 Å². The number of fused-ring (bicyclic) bond motifs is 1. The van der Waals surface area contributed by atoms with Gasteiger partial charge < -0.3 is 10.0 Å². The molecule has 3 nitrogen and oxygen atoms in total. The van der Waals surface area contributed by atoms with Crippen molar-refractivity contribution in [2.45, 2.75) is 40.2 Å². The second kappa shape index (κ2) is 7.41. The number of hydrogen-bond acceptors (Lipinski definition) is 3. The molecule has 0 aliphatic carbocycles. The zero-order valence-corrected chi connectivity index (χ0v) is 13.3. The topological polar surface area (TPSA) is 36.4 Å². The van der Waals surface area contributed by atoms with E-state index in [0.717, 1.165) is 30.0 Å². The summed E-state index contributed by atoms with van der Waals surface area (Å²) in [6, 6.07) is 10.3. The normalized spacial score (nSPS) is 11.3. The van der Waals surface area contributed by atoms with E-state index >= 15 is 0 Å². The molecule has 0 spiro atoms. The molecule has 0 bridgehead atoms. The molecule has 0 saturated heterocycles. The maximum atomic E-state index is 9.47. The number of aromatic nitrogens is 1. The smallest absolute Gasteiger partial charge is 0.136 e. The van der Waals surface area contributed by atoms with Crippen LogP contribution in [0.4, 0.5) is 5.82 Å². The van der Waals surface area contributed by atoms with Crippen molar-refractivity contribution in [1.29, 1.82) is 0 Å². The predicted molar refractivity (Wildman–Crippen MR) is 89.6 cm³/mol. The van der Waals surface area contributed by atoms with Crippen molar-refractivity contribution in [2.75, 3.05) is 18.0 Å². The van der Waals surface area contributed by atoms with Crippen LogP contribution in [0.5, 0.6) is 0 Å². The van der Waals surface area contributed by atoms with Crippen LogP contribution in [0.2, 0.25) is 0 Å². The van der Waals surface area contributed by atoms with Crippen LogP contribution >= 0.6 is 0 Å². The lowest BCUT2D eigenvalue weighted by molar-refractivity contribution is 0.277. The summed E-state index contributed by atoms with van der Waals surface area (Å²) in [5.74, 6) is 1.69. The van der Waals surface area contributed by atoms with E-state index in [2.05, 4.69) is 48.9 Å². The minimum absolute atomic E-state index is 0.0135. The first-order chi connectivity index (χ1) is 10.2. The van der Waals surface area contributed by atoms with Gasteiger partial charge in [-0.1, -0.05) is 51.0 Å². The van der Waals surface area contributed by atoms with Crippen molar-refractivity contribution in [2.24, 2.45) is 5.92 Å². The highest BCUT2D eigenvalue weighted by atomic mass is 16.3. The summed E-state index contributed by atoms with van der Waals surface area (Å²) in [7, 11) is 0. The Bertz CT molecular complexity index is 578. The Morgan fingerprint density at radius 1 is 1.14 bits per heavy atom. The lowest BCUT2D eigenvalue weighted by Gasteiger charge is -2.28. The summed E-state index contributed by atoms with van der Waals surface area (Å²) in [5, 5.41) is 11.8. The third-order valence-corrected chi connectivity index (χ3v) is 4.25. The molecule has 1 N–H and O–H groups in total. The highest BCUT2D eigenvalue weighted by molar-refractivity contribution is 5.92. The Morgan fingerprint density at radius 3 is 2.48 bits per heavy atom. The van der Waals surface area contributed by atoms with Gasteiger partial charge in [0.15, 0.2) is 0 Å². The standard InChI is InChI=1S/C18H26N2O/c1-4-14(5-2)12-20(6-3)18-17-10-8-7-9-15(17)11-16(13-21)19-18/h7-11,14,21H,4-6,12-13H2,1-3H3. The van der Waals surface area contributed by atoms with Gasteiger partial charge in [0.2, 0.25) is 0 Å². The summed E-state index contributed by atoms with van der Waals surface area (Å²) < 4.78 is 0. The van der Waals surface area contributed by atoms with Gasteiger partial charge in [-0.3, -0.25) is 0 Å². The third-order valence-electron chi connectivity index (χ3n) is 4.25. The van der Waals surface area contributed by atoms with Crippen LogP contribution < -0.4 is 4.90 Å². The molecule has 1 aromatic carbocycles. The van der Waals surface area contributed by atoms with Crippen molar-refractivity contribution in [1.82, 2.24) is 4.98 Å². The first-order valence-corrected chi connectivity index (χ1v) is 7.97. The highest BCUT2D eigenvalue weighted by Crippen LogP contribution is 2.27. The molecule has 3 heteroatoms. The third kappa shape index (κ3) is 3.53. The molecule has 0 unspecified atom stereocenters. The van der Waals surface area contributed by atoms with E-state index in [9.17, 15) is 5.11 Å². The van der Waals surface area contributed by atoms with Crippen molar-refractivity contribution in [3.63, 3.8) is 0 Å². The molecule has 0 aliphatic rings. The monoisotopic (exact) mass is 286 g/mol. The Morgan fingerprint density at radius 2 is 1.86 bits per heavy atom. The molecule has 21 heavy (non-hydrogen) atoms. The van der Waals surface area contributed by atoms with Crippen molar-refractivity contribution >= 4 is 16.6 Å². The van der Waals surface area contributed by atoms with Gasteiger partial charge in [-0.25, -0.2) is 4.98 Å². The molecule has 0 aliphatic heterocycles. The first-order valence-electron chi connectivity index (χ1n) is 7.97. The molecule has 2 aromatic rings. The Hall–Kier alpha value is -1.61. The van der Waals surface area contributed by atoms with Gasteiger partial charge in [0, 0.05) is 18.5 Å². The molecule has 0 amide bonds. The second-order valence-electron chi connectivity index (χ2n) is 5.54. The number of rotatable bonds is 7. The highest BCUT2D eigenvalue weighted by Gasteiger charge is 2.15. The van der Waals surface area contributed by atoms with E-state index in [1.807, 2.05) is 12.1 Å². The molecule has 114 valence electrons. The van der Waals surface area contributed by atoms with Crippen LogP contribution in [0.3, 0.4) is 0 Å². The van der Waals surface area contributed by atoms with Crippen molar-refractivity contribution in [3.05, 3.63) is 36.0 Å². The van der Waals surface area contributed by atoms with Crippen LogP contribution in [0, 0.1) is 5.92 Å². The molecular weight excluding hydrogens is 260 g/mol. The summed E-state index contributed by atoms with van der Waals surface area (Å²) in [5.41, 5.74) is 0.742. The lowest BCUT2D eigenvalue weighted by atomic mass is 10.0. The second-order valence-corrected chi connectivity index (χ2v) is 5.54. The zero-order chi connectivity index (χ0) is 15.2. The molecule has 1 heterocycles. The van der Waals surface area contributed by atoms with Gasteiger partial charge in [0.25, 0.3) is 0 Å². The van der Waals surface area contributed by atoms with Crippen LogP contribution in [0.25, 0.3) is 10.8 Å². The number of pyridine rings is 1. The number of anilines is 1. The first kappa shape index (κ1) is 15.8. The number of nitrogens with zero attached hydrogens (tertiary/aromatic N) is 2. The number of hydrogen-bond donors (Lipinski definition) is 1. The van der Waals surface area contributed by atoms with E-state index in [4.69, 9.17) is 0 Å². The Kier molecular flexibility index (Phi) is 5.57. The van der Waals surface area contributed by atoms with Gasteiger partial charge in [0.05, 0.1) is 12.3 Å². The van der Waals surface area contributed by atoms with Gasteiger partial charge in [0.1, 0.15) is 5.82 Å². The summed E-state index contributed by atoms with van der Waals surface area (Å²) in [4.78, 5) is 7.03. The zero-order valence-electron chi connectivity index (χ0n) is 13.3. The molecule has 2 rings (SSSR count). The van der Waals surface area contributed by atoms with Crippen LogP contribution in [0.1, 0.15) is 39.3 Å². The number of aliphatic hydroxyl groups excluding tert-OH is 1. The maximum Gasteiger partial charge on any atom is 0.136 e. The van der Waals surface area contributed by atoms with Crippen molar-refractivity contribution in [3.8, 4) is 0 Å². The average Bonchev–Trinajstić information content (AvgIpc) is 2.55. The molecular formula is C18H26N2O. The van der Waals surface area contributed by atoms with Crippen molar-refractivity contribution < 1.29 is 5.11 Å².